The van der Waals surface area contributed by atoms with Crippen LogP contribution in [-0.4, -0.2) is 47.0 Å². The van der Waals surface area contributed by atoms with Crippen molar-refractivity contribution in [2.24, 2.45) is 17.3 Å². The number of carbonyl (C=O) groups is 1. The summed E-state index contributed by atoms with van der Waals surface area (Å²) in [5.74, 6) is 6.22. The zero-order valence-corrected chi connectivity index (χ0v) is 25.3. The number of fused-ring (bicyclic) bond motifs is 3. The standard InChI is InChI=1S/C28H42O4S2Si/c1-9-31-12-11-28(30)19(2)15-23(29)21-16-24(32-35(7,8)25(3,4)5)20-17-27(33-13-10-14-34-27)18-22(20)26(21,28)6/h15,21-22,30H,9-10,13-14,16-18H2,1-8H3/t21-,22-,26+,28?/m1/s1. The Balaban J connectivity index is 1.88. The molecule has 1 spiro atoms. The number of allylic oxidation sites excluding steroid dienone is 3. The number of rotatable bonds is 3. The van der Waals surface area contributed by atoms with Gasteiger partial charge in [-0.15, -0.1) is 23.5 Å². The third kappa shape index (κ3) is 4.35. The molecule has 0 bridgehead atoms. The predicted molar refractivity (Wildman–Crippen MR) is 150 cm³/mol. The van der Waals surface area contributed by atoms with Crippen LogP contribution in [0.5, 0.6) is 0 Å². The summed E-state index contributed by atoms with van der Waals surface area (Å²) in [4.78, 5) is 13.6. The zero-order valence-electron chi connectivity index (χ0n) is 22.7. The van der Waals surface area contributed by atoms with E-state index in [2.05, 4.69) is 76.3 Å². The van der Waals surface area contributed by atoms with Crippen LogP contribution in [0.15, 0.2) is 23.0 Å². The molecule has 1 saturated carbocycles. The van der Waals surface area contributed by atoms with Crippen molar-refractivity contribution in [2.45, 2.75) is 95.0 Å². The maximum Gasteiger partial charge on any atom is 0.250 e. The lowest BCUT2D eigenvalue weighted by Crippen LogP contribution is -2.61. The van der Waals surface area contributed by atoms with Crippen LogP contribution in [0.1, 0.15) is 67.2 Å². The molecule has 1 aliphatic heterocycles. The molecule has 0 amide bonds. The van der Waals surface area contributed by atoms with Gasteiger partial charge in [-0.2, -0.15) is 0 Å². The van der Waals surface area contributed by atoms with Gasteiger partial charge in [0.25, 0.3) is 0 Å². The highest BCUT2D eigenvalue weighted by Gasteiger charge is 2.67. The first-order valence-corrected chi connectivity index (χ1v) is 17.9. The second kappa shape index (κ2) is 9.18. The van der Waals surface area contributed by atoms with Crippen LogP contribution in [0.3, 0.4) is 0 Å². The van der Waals surface area contributed by atoms with E-state index in [9.17, 15) is 9.90 Å². The van der Waals surface area contributed by atoms with Crippen molar-refractivity contribution in [3.05, 3.63) is 23.0 Å². The molecule has 7 heteroatoms. The monoisotopic (exact) mass is 534 g/mol. The van der Waals surface area contributed by atoms with Gasteiger partial charge in [0.05, 0.1) is 16.4 Å². The largest absolute Gasteiger partial charge is 0.547 e. The van der Waals surface area contributed by atoms with Crippen LogP contribution in [0.2, 0.25) is 18.1 Å². The number of carbonyl (C=O) groups excluding carboxylic acids is 1. The van der Waals surface area contributed by atoms with Crippen LogP contribution >= 0.6 is 23.5 Å². The lowest BCUT2D eigenvalue weighted by molar-refractivity contribution is -0.138. The molecule has 1 N–H and O–H groups in total. The number of aliphatic hydroxyl groups is 1. The van der Waals surface area contributed by atoms with Gasteiger partial charge in [-0.1, -0.05) is 27.7 Å². The van der Waals surface area contributed by atoms with Crippen LogP contribution in [0.4, 0.5) is 0 Å². The molecular formula is C28H42O4S2Si. The van der Waals surface area contributed by atoms with Crippen molar-refractivity contribution in [3.8, 4) is 12.0 Å². The average molecular weight is 535 g/mol. The molecular weight excluding hydrogens is 493 g/mol. The molecule has 4 aliphatic rings. The Morgan fingerprint density at radius 3 is 2.49 bits per heavy atom. The normalized spacial score (nSPS) is 34.5. The maximum absolute atomic E-state index is 13.6. The van der Waals surface area contributed by atoms with Crippen molar-refractivity contribution in [1.29, 1.82) is 0 Å². The molecule has 2 fully saturated rings. The minimum atomic E-state index is -2.10. The first kappa shape index (κ1) is 27.2. The molecule has 4 atom stereocenters. The molecule has 0 aromatic carbocycles. The number of ketones is 1. The van der Waals surface area contributed by atoms with E-state index in [1.54, 1.807) is 6.08 Å². The van der Waals surface area contributed by atoms with Crippen LogP contribution in [0, 0.1) is 29.3 Å². The van der Waals surface area contributed by atoms with E-state index >= 15 is 0 Å². The number of hydrogen-bond acceptors (Lipinski definition) is 6. The minimum Gasteiger partial charge on any atom is -0.547 e. The summed E-state index contributed by atoms with van der Waals surface area (Å²) in [6.45, 7) is 17.7. The van der Waals surface area contributed by atoms with Crippen LogP contribution in [-0.2, 0) is 14.0 Å². The van der Waals surface area contributed by atoms with Crippen LogP contribution in [0.25, 0.3) is 0 Å². The highest BCUT2D eigenvalue weighted by Crippen LogP contribution is 2.68. The molecule has 194 valence electrons. The van der Waals surface area contributed by atoms with Gasteiger partial charge in [0, 0.05) is 17.8 Å². The van der Waals surface area contributed by atoms with Crippen molar-refractivity contribution in [1.82, 2.24) is 0 Å². The molecule has 4 nitrogen and oxygen atoms in total. The summed E-state index contributed by atoms with van der Waals surface area (Å²) >= 11 is 4.14. The van der Waals surface area contributed by atoms with Crippen molar-refractivity contribution in [2.75, 3.05) is 18.1 Å². The van der Waals surface area contributed by atoms with Gasteiger partial charge in [-0.3, -0.25) is 4.79 Å². The molecule has 0 aromatic rings. The summed E-state index contributed by atoms with van der Waals surface area (Å²) in [6, 6.07) is 0. The minimum absolute atomic E-state index is 0.0349. The first-order valence-electron chi connectivity index (χ1n) is 13.0. The molecule has 35 heavy (non-hydrogen) atoms. The number of hydrogen-bond donors (Lipinski definition) is 1. The molecule has 1 unspecified atom stereocenters. The van der Waals surface area contributed by atoms with E-state index < -0.39 is 19.3 Å². The molecule has 1 heterocycles. The van der Waals surface area contributed by atoms with Gasteiger partial charge >= 0.3 is 0 Å². The molecule has 4 rings (SSSR count). The van der Waals surface area contributed by atoms with E-state index in [-0.39, 0.29) is 26.7 Å². The lowest BCUT2D eigenvalue weighted by atomic mass is 9.49. The maximum atomic E-state index is 13.6. The average Bonchev–Trinajstić information content (AvgIpc) is 3.14. The highest BCUT2D eigenvalue weighted by molar-refractivity contribution is 8.18. The quantitative estimate of drug-likeness (QED) is 0.328. The molecule has 3 aliphatic carbocycles. The Morgan fingerprint density at radius 1 is 1.23 bits per heavy atom. The molecule has 0 radical (unpaired) electrons. The Morgan fingerprint density at radius 2 is 1.89 bits per heavy atom. The lowest BCUT2D eigenvalue weighted by Gasteiger charge is -2.56. The Kier molecular flexibility index (Phi) is 7.14. The molecule has 0 aromatic heterocycles. The predicted octanol–water partition coefficient (Wildman–Crippen LogP) is 6.52. The Bertz CT molecular complexity index is 1010. The summed E-state index contributed by atoms with van der Waals surface area (Å²) in [5.41, 5.74) is -0.194. The number of ether oxygens (including phenoxy) is 1. The fourth-order valence-corrected chi connectivity index (χ4v) is 10.7. The second-order valence-corrected chi connectivity index (χ2v) is 20.3. The molecule has 1 saturated heterocycles. The SMILES string of the molecule is CCOC#CC1(O)C(C)=CC(=O)[C@H]2CC(O[Si](C)(C)C(C)(C)C)=C3CC4(C[C@H]3[C@]21C)SCCCS4. The van der Waals surface area contributed by atoms with E-state index in [0.717, 1.165) is 30.1 Å². The first-order chi connectivity index (χ1) is 16.2. The fourth-order valence-electron chi connectivity index (χ4n) is 6.12. The van der Waals surface area contributed by atoms with Crippen molar-refractivity contribution >= 4 is 37.6 Å². The Labute approximate surface area is 221 Å². The van der Waals surface area contributed by atoms with Gasteiger partial charge in [0.2, 0.25) is 8.32 Å². The van der Waals surface area contributed by atoms with Gasteiger partial charge in [0.15, 0.2) is 11.4 Å². The van der Waals surface area contributed by atoms with Gasteiger partial charge in [-0.05, 0) is 91.8 Å². The zero-order chi connectivity index (χ0) is 25.9. The summed E-state index contributed by atoms with van der Waals surface area (Å²) in [7, 11) is -2.10. The third-order valence-electron chi connectivity index (χ3n) is 9.30. The smallest absolute Gasteiger partial charge is 0.250 e. The summed E-state index contributed by atoms with van der Waals surface area (Å²) in [5, 5.41) is 12.3. The van der Waals surface area contributed by atoms with Crippen molar-refractivity contribution < 1.29 is 19.1 Å². The van der Waals surface area contributed by atoms with Crippen LogP contribution < -0.4 is 0 Å². The van der Waals surface area contributed by atoms with Gasteiger partial charge in [-0.25, -0.2) is 0 Å². The highest BCUT2D eigenvalue weighted by atomic mass is 32.2. The van der Waals surface area contributed by atoms with Gasteiger partial charge < -0.3 is 14.3 Å². The fraction of sp³-hybridized carbons (Fsp3) is 0.750. The number of thioether (sulfide) groups is 2. The van der Waals surface area contributed by atoms with E-state index in [1.807, 2.05) is 13.8 Å². The van der Waals surface area contributed by atoms with E-state index in [1.165, 1.54) is 12.0 Å². The van der Waals surface area contributed by atoms with E-state index in [0.29, 0.717) is 18.6 Å². The van der Waals surface area contributed by atoms with E-state index in [4.69, 9.17) is 9.16 Å². The van der Waals surface area contributed by atoms with Gasteiger partial charge in [0.1, 0.15) is 6.11 Å². The summed E-state index contributed by atoms with van der Waals surface area (Å²) < 4.78 is 12.5. The third-order valence-corrected chi connectivity index (χ3v) is 17.0. The topological polar surface area (TPSA) is 55.8 Å². The second-order valence-electron chi connectivity index (χ2n) is 12.3. The van der Waals surface area contributed by atoms with Crippen molar-refractivity contribution in [3.63, 3.8) is 0 Å². The summed E-state index contributed by atoms with van der Waals surface area (Å²) in [6.07, 6.45) is 8.07. The Hall–Kier alpha value is -0.813.